The van der Waals surface area contributed by atoms with Gasteiger partial charge in [0.2, 0.25) is 0 Å². The molecule has 80 valence electrons. The molecule has 0 saturated heterocycles. The molecule has 0 bridgehead atoms. The number of hydrogen-bond acceptors (Lipinski definition) is 3. The van der Waals surface area contributed by atoms with Gasteiger partial charge in [-0.2, -0.15) is 0 Å². The van der Waals surface area contributed by atoms with Crippen molar-refractivity contribution in [2.75, 3.05) is 4.43 Å². The number of rotatable bonds is 6. The average Bonchev–Trinajstić information content (AvgIpc) is 2.00. The maximum Gasteiger partial charge on any atom is 0.320 e. The van der Waals surface area contributed by atoms with Gasteiger partial charge in [0.05, 0.1) is 0 Å². The summed E-state index contributed by atoms with van der Waals surface area (Å²) >= 11 is 2.25. The summed E-state index contributed by atoms with van der Waals surface area (Å²) in [5, 5.41) is 8.46. The first-order chi connectivity index (χ1) is 5.57. The van der Waals surface area contributed by atoms with Crippen molar-refractivity contribution in [3.8, 4) is 0 Å². The number of hydrogen-bond donors (Lipinski definition) is 3. The molecule has 1 unspecified atom stereocenters. The Morgan fingerprint density at radius 2 is 1.85 bits per heavy atom. The van der Waals surface area contributed by atoms with Crippen molar-refractivity contribution >= 4 is 41.0 Å². The monoisotopic (exact) mass is 322 g/mol. The Morgan fingerprint density at radius 3 is 2.23 bits per heavy atom. The summed E-state index contributed by atoms with van der Waals surface area (Å²) in [5.41, 5.74) is 11.0. The van der Waals surface area contributed by atoms with E-state index < -0.39 is 12.0 Å². The fourth-order valence-electron chi connectivity index (χ4n) is 0.802. The molecule has 0 aromatic heterocycles. The Bertz CT molecular complexity index is 148. The van der Waals surface area contributed by atoms with E-state index in [4.69, 9.17) is 16.6 Å². The van der Waals surface area contributed by atoms with Crippen LogP contribution < -0.4 is 11.5 Å². The van der Waals surface area contributed by atoms with Crippen molar-refractivity contribution in [1.29, 1.82) is 0 Å². The molecule has 0 radical (unpaired) electrons. The summed E-state index contributed by atoms with van der Waals surface area (Å²) in [6, 6.07) is -0.669. The second kappa shape index (κ2) is 8.98. The highest BCUT2D eigenvalue weighted by atomic mass is 127. The Hall–Kier alpha value is 0.410. The van der Waals surface area contributed by atoms with Gasteiger partial charge in [-0.25, -0.2) is 0 Å². The summed E-state index contributed by atoms with van der Waals surface area (Å²) in [5.74, 6) is -0.948. The number of carboxylic acids is 1. The number of carbonyl (C=O) groups is 1. The van der Waals surface area contributed by atoms with Gasteiger partial charge in [-0.3, -0.25) is 4.79 Å². The highest BCUT2D eigenvalue weighted by Crippen LogP contribution is 2.03. The summed E-state index contributed by atoms with van der Waals surface area (Å²) in [4.78, 5) is 10.3. The van der Waals surface area contributed by atoms with E-state index in [0.29, 0.717) is 12.8 Å². The van der Waals surface area contributed by atoms with Crippen molar-refractivity contribution in [1.82, 2.24) is 0 Å². The van der Waals surface area contributed by atoms with Gasteiger partial charge in [0, 0.05) is 10.5 Å². The molecule has 0 aromatic carbocycles. The van der Waals surface area contributed by atoms with Crippen molar-refractivity contribution in [2.45, 2.75) is 31.3 Å². The van der Waals surface area contributed by atoms with Gasteiger partial charge in [0.15, 0.2) is 0 Å². The normalized spacial score (nSPS) is 14.4. The Balaban J connectivity index is 0. The van der Waals surface area contributed by atoms with E-state index in [-0.39, 0.29) is 18.4 Å². The van der Waals surface area contributed by atoms with Crippen LogP contribution in [0.4, 0.5) is 0 Å². The lowest BCUT2D eigenvalue weighted by atomic mass is 10.1. The van der Waals surface area contributed by atoms with Crippen molar-refractivity contribution in [2.24, 2.45) is 11.5 Å². The third-order valence-electron chi connectivity index (χ3n) is 1.65. The zero-order valence-corrected chi connectivity index (χ0v) is 10.3. The summed E-state index contributed by atoms with van der Waals surface area (Å²) in [6.07, 6.45) is 2.08. The van der Waals surface area contributed by atoms with E-state index in [1.54, 1.807) is 0 Å². The van der Waals surface area contributed by atoms with Crippen LogP contribution in [0.1, 0.15) is 19.3 Å². The van der Waals surface area contributed by atoms with Crippen LogP contribution in [0.5, 0.6) is 0 Å². The molecular weight excluding hydrogens is 306 g/mol. The van der Waals surface area contributed by atoms with E-state index >= 15 is 0 Å². The van der Waals surface area contributed by atoms with Gasteiger partial charge in [-0.15, -0.1) is 12.4 Å². The van der Waals surface area contributed by atoms with Gasteiger partial charge >= 0.3 is 5.97 Å². The lowest BCUT2D eigenvalue weighted by molar-refractivity contribution is -0.138. The average molecular weight is 323 g/mol. The van der Waals surface area contributed by atoms with Gasteiger partial charge in [-0.1, -0.05) is 22.6 Å². The first-order valence-corrected chi connectivity index (χ1v) is 5.40. The number of carboxylic acid groups (broad SMARTS) is 1. The molecule has 5 N–H and O–H groups in total. The maximum atomic E-state index is 10.3. The van der Waals surface area contributed by atoms with Crippen LogP contribution in [0.3, 0.4) is 0 Å². The third-order valence-corrected chi connectivity index (χ3v) is 2.27. The molecule has 13 heavy (non-hydrogen) atoms. The van der Waals surface area contributed by atoms with E-state index in [0.717, 1.165) is 10.8 Å². The number of aliphatic carboxylic acids is 1. The molecular formula is C7H16ClIN2O2. The van der Waals surface area contributed by atoms with Gasteiger partial charge in [-0.05, 0) is 19.3 Å². The highest BCUT2D eigenvalue weighted by molar-refractivity contribution is 14.1. The van der Waals surface area contributed by atoms with Crippen molar-refractivity contribution < 1.29 is 9.90 Å². The van der Waals surface area contributed by atoms with Crippen LogP contribution in [0.2, 0.25) is 0 Å². The third kappa shape index (κ3) is 8.73. The van der Waals surface area contributed by atoms with Gasteiger partial charge < -0.3 is 16.6 Å². The van der Waals surface area contributed by atoms with E-state index in [2.05, 4.69) is 22.6 Å². The molecule has 0 spiro atoms. The molecule has 0 aliphatic heterocycles. The van der Waals surface area contributed by atoms with Crippen molar-refractivity contribution in [3.63, 3.8) is 0 Å². The molecule has 2 atom stereocenters. The molecule has 0 amide bonds. The Labute approximate surface area is 98.0 Å². The molecule has 0 rings (SSSR count). The van der Waals surface area contributed by atoms with E-state index in [9.17, 15) is 4.79 Å². The summed E-state index contributed by atoms with van der Waals surface area (Å²) in [7, 11) is 0. The summed E-state index contributed by atoms with van der Waals surface area (Å²) < 4.78 is 1.00. The minimum Gasteiger partial charge on any atom is -0.480 e. The topological polar surface area (TPSA) is 89.3 Å². The molecule has 0 aliphatic rings. The quantitative estimate of drug-likeness (QED) is 0.497. The van der Waals surface area contributed by atoms with Crippen LogP contribution in [0.25, 0.3) is 0 Å². The van der Waals surface area contributed by atoms with Crippen molar-refractivity contribution in [3.05, 3.63) is 0 Å². The number of halogens is 2. The van der Waals surface area contributed by atoms with E-state index in [1.807, 2.05) is 0 Å². The molecule has 0 heterocycles. The SMILES string of the molecule is Cl.NC(CCI)CC[C@H](N)C(=O)O. The zero-order valence-electron chi connectivity index (χ0n) is 7.28. The molecule has 0 fully saturated rings. The number of nitrogens with two attached hydrogens (primary N) is 2. The molecule has 0 aromatic rings. The highest BCUT2D eigenvalue weighted by Gasteiger charge is 2.12. The standard InChI is InChI=1S/C7H15IN2O2.ClH/c8-4-3-5(9)1-2-6(10)7(11)12;/h5-6H,1-4,9-10H2,(H,11,12);1H/t5?,6-;/m0./s1. The van der Waals surface area contributed by atoms with Crippen LogP contribution in [-0.2, 0) is 4.79 Å². The summed E-state index contributed by atoms with van der Waals surface area (Å²) in [6.45, 7) is 0. The Kier molecular flexibility index (Phi) is 11.0. The fraction of sp³-hybridized carbons (Fsp3) is 0.857. The predicted octanol–water partition coefficient (Wildman–Crippen LogP) is 0.753. The molecule has 6 heteroatoms. The van der Waals surface area contributed by atoms with Crippen LogP contribution in [0, 0.1) is 0 Å². The minimum atomic E-state index is -0.948. The van der Waals surface area contributed by atoms with Crippen LogP contribution in [0.15, 0.2) is 0 Å². The first kappa shape index (κ1) is 15.9. The molecule has 4 nitrogen and oxygen atoms in total. The van der Waals surface area contributed by atoms with Gasteiger partial charge in [0.1, 0.15) is 6.04 Å². The lowest BCUT2D eigenvalue weighted by Gasteiger charge is -2.11. The van der Waals surface area contributed by atoms with Gasteiger partial charge in [0.25, 0.3) is 0 Å². The largest absolute Gasteiger partial charge is 0.480 e. The first-order valence-electron chi connectivity index (χ1n) is 3.88. The minimum absolute atomic E-state index is 0. The fourth-order valence-corrected chi connectivity index (χ4v) is 1.60. The lowest BCUT2D eigenvalue weighted by Crippen LogP contribution is -2.32. The molecule has 0 saturated carbocycles. The second-order valence-electron chi connectivity index (χ2n) is 2.76. The second-order valence-corrected chi connectivity index (χ2v) is 3.84. The smallest absolute Gasteiger partial charge is 0.320 e. The predicted molar refractivity (Wildman–Crippen MR) is 63.6 cm³/mol. The van der Waals surface area contributed by atoms with Crippen LogP contribution in [-0.4, -0.2) is 27.6 Å². The van der Waals surface area contributed by atoms with E-state index in [1.165, 1.54) is 0 Å². The number of alkyl halides is 1. The Morgan fingerprint density at radius 1 is 1.31 bits per heavy atom. The zero-order chi connectivity index (χ0) is 9.56. The molecule has 0 aliphatic carbocycles. The van der Waals surface area contributed by atoms with Crippen LogP contribution >= 0.6 is 35.0 Å². The maximum absolute atomic E-state index is 10.3.